The Morgan fingerprint density at radius 3 is 2.53 bits per heavy atom. The molecule has 9 heteroatoms. The van der Waals surface area contributed by atoms with Crippen molar-refractivity contribution < 1.29 is 9.29 Å². The molecule has 0 fully saturated rings. The van der Waals surface area contributed by atoms with Gasteiger partial charge in [0, 0.05) is 17.8 Å². The van der Waals surface area contributed by atoms with Crippen molar-refractivity contribution in [3.63, 3.8) is 0 Å². The number of hydrogen-bond acceptors (Lipinski definition) is 5. The van der Waals surface area contributed by atoms with Gasteiger partial charge in [-0.2, -0.15) is 0 Å². The van der Waals surface area contributed by atoms with Gasteiger partial charge in [-0.15, -0.1) is 0 Å². The minimum atomic E-state index is -1.15. The summed E-state index contributed by atoms with van der Waals surface area (Å²) in [5, 5.41) is 0. The molecule has 0 aliphatic heterocycles. The van der Waals surface area contributed by atoms with Crippen molar-refractivity contribution in [2.45, 2.75) is 6.92 Å². The van der Waals surface area contributed by atoms with Gasteiger partial charge in [-0.3, -0.25) is 14.3 Å². The lowest BCUT2D eigenvalue weighted by molar-refractivity contribution is 0.410. The molecule has 0 spiro atoms. The molecular formula is C21H18IN3O4S. The fraction of sp³-hybridized carbons (Fsp3) is 0.143. The number of anilines is 1. The SMILES string of the molecule is COc1c(I)cc(-n2ccc(=O)[nH]c2=O)cc1C#Cc1ccc(N[S+](C)[O-])cc1C. The fourth-order valence-electron chi connectivity index (χ4n) is 2.81. The van der Waals surface area contributed by atoms with Crippen LogP contribution in [-0.2, 0) is 11.4 Å². The van der Waals surface area contributed by atoms with Gasteiger partial charge < -0.3 is 9.29 Å². The highest BCUT2D eigenvalue weighted by atomic mass is 127. The second kappa shape index (κ2) is 9.42. The zero-order chi connectivity index (χ0) is 21.8. The van der Waals surface area contributed by atoms with Crippen LogP contribution < -0.4 is 20.7 Å². The molecule has 0 amide bonds. The summed E-state index contributed by atoms with van der Waals surface area (Å²) in [6, 6.07) is 10.3. The van der Waals surface area contributed by atoms with Crippen LogP contribution in [0, 0.1) is 22.3 Å². The first-order valence-electron chi connectivity index (χ1n) is 8.71. The van der Waals surface area contributed by atoms with Crippen LogP contribution in [0.25, 0.3) is 5.69 Å². The number of nitrogens with zero attached hydrogens (tertiary/aromatic N) is 1. The number of hydrogen-bond donors (Lipinski definition) is 2. The van der Waals surface area contributed by atoms with E-state index in [2.05, 4.69) is 44.1 Å². The number of methoxy groups -OCH3 is 1. The highest BCUT2D eigenvalue weighted by molar-refractivity contribution is 14.1. The smallest absolute Gasteiger partial charge is 0.332 e. The van der Waals surface area contributed by atoms with E-state index >= 15 is 0 Å². The van der Waals surface area contributed by atoms with Crippen molar-refractivity contribution in [3.05, 3.63) is 83.7 Å². The molecule has 3 rings (SSSR count). The lowest BCUT2D eigenvalue weighted by Gasteiger charge is -2.11. The van der Waals surface area contributed by atoms with E-state index in [1.807, 2.05) is 25.1 Å². The summed E-state index contributed by atoms with van der Waals surface area (Å²) < 4.78 is 21.8. The largest absolute Gasteiger partial charge is 0.593 e. The fourth-order valence-corrected chi connectivity index (χ4v) is 4.10. The molecule has 2 N–H and O–H groups in total. The Bertz CT molecular complexity index is 1270. The van der Waals surface area contributed by atoms with Gasteiger partial charge in [0.05, 0.1) is 39.0 Å². The van der Waals surface area contributed by atoms with Crippen molar-refractivity contribution in [3.8, 4) is 23.3 Å². The molecule has 30 heavy (non-hydrogen) atoms. The molecule has 2 aromatic carbocycles. The molecule has 7 nitrogen and oxygen atoms in total. The lowest BCUT2D eigenvalue weighted by Crippen LogP contribution is -2.27. The summed E-state index contributed by atoms with van der Waals surface area (Å²) in [6.45, 7) is 1.92. The first-order valence-corrected chi connectivity index (χ1v) is 11.3. The molecule has 0 aliphatic rings. The molecule has 0 saturated heterocycles. The Balaban J connectivity index is 2.06. The van der Waals surface area contributed by atoms with Crippen molar-refractivity contribution in [1.82, 2.24) is 9.55 Å². The van der Waals surface area contributed by atoms with E-state index in [-0.39, 0.29) is 0 Å². The van der Waals surface area contributed by atoms with Crippen LogP contribution >= 0.6 is 22.6 Å². The molecule has 1 aromatic heterocycles. The number of ether oxygens (including phenoxy) is 1. The van der Waals surface area contributed by atoms with E-state index < -0.39 is 22.6 Å². The number of benzene rings is 2. The van der Waals surface area contributed by atoms with Crippen LogP contribution in [-0.4, -0.2) is 27.5 Å². The Hall–Kier alpha value is -2.68. The third-order valence-electron chi connectivity index (χ3n) is 4.15. The molecule has 0 bridgehead atoms. The maximum Gasteiger partial charge on any atom is 0.332 e. The van der Waals surface area contributed by atoms with Gasteiger partial charge in [0.25, 0.3) is 5.56 Å². The second-order valence-corrected chi connectivity index (χ2v) is 8.60. The van der Waals surface area contributed by atoms with E-state index in [1.54, 1.807) is 25.5 Å². The van der Waals surface area contributed by atoms with Crippen LogP contribution in [0.5, 0.6) is 5.75 Å². The molecule has 3 aromatic rings. The number of H-pyrrole nitrogens is 1. The Morgan fingerprint density at radius 1 is 1.17 bits per heavy atom. The van der Waals surface area contributed by atoms with Crippen molar-refractivity contribution in [2.24, 2.45) is 0 Å². The van der Waals surface area contributed by atoms with Gasteiger partial charge >= 0.3 is 5.69 Å². The van der Waals surface area contributed by atoms with Crippen molar-refractivity contribution >= 4 is 39.6 Å². The number of aryl methyl sites for hydroxylation is 1. The summed E-state index contributed by atoms with van der Waals surface area (Å²) >= 11 is 0.966. The Morgan fingerprint density at radius 2 is 1.90 bits per heavy atom. The predicted octanol–water partition coefficient (Wildman–Crippen LogP) is 2.55. The predicted molar refractivity (Wildman–Crippen MR) is 127 cm³/mol. The maximum atomic E-state index is 12.2. The minimum Gasteiger partial charge on any atom is -0.593 e. The molecule has 0 radical (unpaired) electrons. The minimum absolute atomic E-state index is 0.459. The van der Waals surface area contributed by atoms with Gasteiger partial charge in [-0.1, -0.05) is 11.8 Å². The van der Waals surface area contributed by atoms with Crippen LogP contribution in [0.2, 0.25) is 0 Å². The van der Waals surface area contributed by atoms with Crippen molar-refractivity contribution in [2.75, 3.05) is 18.1 Å². The second-order valence-electron chi connectivity index (χ2n) is 6.32. The molecule has 154 valence electrons. The highest BCUT2D eigenvalue weighted by Gasteiger charge is 2.11. The average Bonchev–Trinajstić information content (AvgIpc) is 2.66. The van der Waals surface area contributed by atoms with E-state index in [0.29, 0.717) is 17.0 Å². The van der Waals surface area contributed by atoms with Gasteiger partial charge in [-0.05, 0) is 65.4 Å². The lowest BCUT2D eigenvalue weighted by atomic mass is 10.1. The normalized spacial score (nSPS) is 11.4. The van der Waals surface area contributed by atoms with Gasteiger partial charge in [-0.25, -0.2) is 9.52 Å². The molecule has 1 unspecified atom stereocenters. The third-order valence-corrected chi connectivity index (χ3v) is 5.48. The maximum absolute atomic E-state index is 12.2. The van der Waals surface area contributed by atoms with E-state index in [9.17, 15) is 14.1 Å². The Labute approximate surface area is 189 Å². The Kier molecular flexibility index (Phi) is 6.91. The topological polar surface area (TPSA) is 99.2 Å². The summed E-state index contributed by atoms with van der Waals surface area (Å²) in [6.07, 6.45) is 2.99. The standard InChI is InChI=1S/C21H18IN3O4S/c1-13-10-16(24-30(3)28)7-6-14(13)4-5-15-11-17(12-18(22)20(15)29-2)25-9-8-19(26)23-21(25)27/h6-12,24H,1-3H3,(H,23,26,27). The van der Waals surface area contributed by atoms with Gasteiger partial charge in [0.1, 0.15) is 12.0 Å². The summed E-state index contributed by atoms with van der Waals surface area (Å²) in [4.78, 5) is 25.8. The summed E-state index contributed by atoms with van der Waals surface area (Å²) in [5.74, 6) is 6.85. The monoisotopic (exact) mass is 535 g/mol. The first-order chi connectivity index (χ1) is 14.3. The van der Waals surface area contributed by atoms with Crippen LogP contribution in [0.4, 0.5) is 5.69 Å². The van der Waals surface area contributed by atoms with Crippen LogP contribution in [0.1, 0.15) is 16.7 Å². The molecule has 1 heterocycles. The van der Waals surface area contributed by atoms with Crippen LogP contribution in [0.3, 0.4) is 0 Å². The third kappa shape index (κ3) is 5.08. The quantitative estimate of drug-likeness (QED) is 0.304. The average molecular weight is 535 g/mol. The number of nitrogens with one attached hydrogen (secondary N) is 2. The molecule has 1 atom stereocenters. The summed E-state index contributed by atoms with van der Waals surface area (Å²) in [7, 11) is 1.56. The summed E-state index contributed by atoms with van der Waals surface area (Å²) in [5.41, 5.74) is 2.67. The van der Waals surface area contributed by atoms with Gasteiger partial charge in [0.15, 0.2) is 0 Å². The van der Waals surface area contributed by atoms with E-state index in [0.717, 1.165) is 20.4 Å². The van der Waals surface area contributed by atoms with Crippen LogP contribution in [0.15, 0.2) is 52.2 Å². The number of aromatic amines is 1. The van der Waals surface area contributed by atoms with E-state index in [1.165, 1.54) is 16.8 Å². The molecular weight excluding hydrogens is 517 g/mol. The number of aromatic nitrogens is 2. The first kappa shape index (κ1) is 22.0. The zero-order valence-corrected chi connectivity index (χ0v) is 19.4. The number of rotatable bonds is 4. The van der Waals surface area contributed by atoms with Crippen molar-refractivity contribution in [1.29, 1.82) is 0 Å². The zero-order valence-electron chi connectivity index (χ0n) is 16.4. The number of halogens is 1. The van der Waals surface area contributed by atoms with E-state index in [4.69, 9.17) is 4.74 Å². The molecule has 0 aliphatic carbocycles. The van der Waals surface area contributed by atoms with Gasteiger partial charge in [0.2, 0.25) is 0 Å². The molecule has 0 saturated carbocycles. The highest BCUT2D eigenvalue weighted by Crippen LogP contribution is 2.28.